The number of carboxylic acid groups (broad SMARTS) is 1. The highest BCUT2D eigenvalue weighted by Crippen LogP contribution is 2.28. The fourth-order valence-corrected chi connectivity index (χ4v) is 4.58. The minimum absolute atomic E-state index is 0.0154. The number of carboxylic acids is 1. The maximum Gasteiger partial charge on any atom is 0.317 e. The van der Waals surface area contributed by atoms with E-state index >= 15 is 0 Å². The number of aliphatic carboxylic acids is 1. The van der Waals surface area contributed by atoms with E-state index in [4.69, 9.17) is 28.3 Å². The fourth-order valence-electron chi connectivity index (χ4n) is 2.44. The average Bonchev–Trinajstić information content (AvgIpc) is 2.74. The van der Waals surface area contributed by atoms with Gasteiger partial charge in [-0.05, 0) is 18.1 Å². The molecule has 0 radical (unpaired) electrons. The summed E-state index contributed by atoms with van der Waals surface area (Å²) in [5, 5.41) is 9.79. The molecule has 1 aromatic rings. The zero-order valence-electron chi connectivity index (χ0n) is 11.1. The van der Waals surface area contributed by atoms with Gasteiger partial charge in [0, 0.05) is 12.6 Å². The van der Waals surface area contributed by atoms with Crippen LogP contribution in [0.1, 0.15) is 12.0 Å². The molecule has 1 saturated heterocycles. The summed E-state index contributed by atoms with van der Waals surface area (Å²) in [5.74, 6) is -0.923. The van der Waals surface area contributed by atoms with Crippen LogP contribution in [0.15, 0.2) is 18.2 Å². The van der Waals surface area contributed by atoms with Gasteiger partial charge in [-0.3, -0.25) is 9.69 Å². The lowest BCUT2D eigenvalue weighted by Gasteiger charge is -2.26. The molecule has 0 saturated carbocycles. The molecule has 1 aromatic carbocycles. The molecule has 0 spiro atoms. The van der Waals surface area contributed by atoms with E-state index in [0.717, 1.165) is 0 Å². The SMILES string of the molecule is O=C(O)CN(Cc1cccc(Cl)c1Cl)C1CCS(=O)(=O)C1. The zero-order valence-corrected chi connectivity index (χ0v) is 13.5. The van der Waals surface area contributed by atoms with Crippen LogP contribution in [0.3, 0.4) is 0 Å². The second-order valence-electron chi connectivity index (χ2n) is 5.07. The summed E-state index contributed by atoms with van der Waals surface area (Å²) in [5.41, 5.74) is 0.690. The Bertz CT molecular complexity index is 648. The van der Waals surface area contributed by atoms with Crippen LogP contribution in [0.25, 0.3) is 0 Å². The largest absolute Gasteiger partial charge is 0.480 e. The first-order valence-corrected chi connectivity index (χ1v) is 8.95. The van der Waals surface area contributed by atoms with E-state index in [-0.39, 0.29) is 30.6 Å². The zero-order chi connectivity index (χ0) is 15.6. The van der Waals surface area contributed by atoms with Gasteiger partial charge in [0.05, 0.1) is 28.1 Å². The number of nitrogens with zero attached hydrogens (tertiary/aromatic N) is 1. The van der Waals surface area contributed by atoms with E-state index in [0.29, 0.717) is 22.0 Å². The van der Waals surface area contributed by atoms with Gasteiger partial charge in [0.15, 0.2) is 9.84 Å². The topological polar surface area (TPSA) is 74.7 Å². The van der Waals surface area contributed by atoms with Crippen LogP contribution < -0.4 is 0 Å². The molecule has 5 nitrogen and oxygen atoms in total. The van der Waals surface area contributed by atoms with E-state index in [1.807, 2.05) is 0 Å². The molecule has 1 atom stereocenters. The first-order chi connectivity index (χ1) is 9.78. The average molecular weight is 352 g/mol. The summed E-state index contributed by atoms with van der Waals surface area (Å²) in [6.45, 7) is 0.0227. The maximum atomic E-state index is 11.6. The van der Waals surface area contributed by atoms with Crippen molar-refractivity contribution in [1.29, 1.82) is 0 Å². The van der Waals surface area contributed by atoms with Crippen LogP contribution in [-0.4, -0.2) is 48.5 Å². The molecule has 21 heavy (non-hydrogen) atoms. The van der Waals surface area contributed by atoms with Gasteiger partial charge in [-0.15, -0.1) is 0 Å². The molecule has 1 fully saturated rings. The van der Waals surface area contributed by atoms with Crippen LogP contribution in [-0.2, 0) is 21.2 Å². The quantitative estimate of drug-likeness (QED) is 0.878. The molecule has 116 valence electrons. The Morgan fingerprint density at radius 3 is 2.67 bits per heavy atom. The molecule has 0 aliphatic carbocycles. The van der Waals surface area contributed by atoms with Crippen molar-refractivity contribution in [3.05, 3.63) is 33.8 Å². The van der Waals surface area contributed by atoms with E-state index in [9.17, 15) is 13.2 Å². The first-order valence-electron chi connectivity index (χ1n) is 6.37. The molecule has 1 N–H and O–H groups in total. The van der Waals surface area contributed by atoms with E-state index in [1.54, 1.807) is 23.1 Å². The fraction of sp³-hybridized carbons (Fsp3) is 0.462. The number of carbonyl (C=O) groups is 1. The Hall–Kier alpha value is -0.820. The number of halogens is 2. The molecule has 1 aliphatic heterocycles. The lowest BCUT2D eigenvalue weighted by atomic mass is 10.1. The minimum Gasteiger partial charge on any atom is -0.480 e. The second kappa shape index (κ2) is 6.52. The first kappa shape index (κ1) is 16.5. The van der Waals surface area contributed by atoms with Gasteiger partial charge in [0.2, 0.25) is 0 Å². The molecule has 1 aliphatic rings. The van der Waals surface area contributed by atoms with Crippen LogP contribution in [0.4, 0.5) is 0 Å². The van der Waals surface area contributed by atoms with Crippen molar-refractivity contribution in [1.82, 2.24) is 4.90 Å². The van der Waals surface area contributed by atoms with Crippen molar-refractivity contribution >= 4 is 39.0 Å². The smallest absolute Gasteiger partial charge is 0.317 e. The van der Waals surface area contributed by atoms with Crippen molar-refractivity contribution in [3.63, 3.8) is 0 Å². The standard InChI is InChI=1S/C13H15Cl2NO4S/c14-11-3-1-2-9(13(11)15)6-16(7-12(17)18)10-4-5-21(19,20)8-10/h1-3,10H,4-8H2,(H,17,18). The number of benzene rings is 1. The number of hydrogen-bond donors (Lipinski definition) is 1. The van der Waals surface area contributed by atoms with Crippen molar-refractivity contribution < 1.29 is 18.3 Å². The molecule has 0 amide bonds. The van der Waals surface area contributed by atoms with Crippen LogP contribution in [0.2, 0.25) is 10.0 Å². The Kier molecular flexibility index (Phi) is 5.14. The van der Waals surface area contributed by atoms with Crippen molar-refractivity contribution in [2.45, 2.75) is 19.0 Å². The van der Waals surface area contributed by atoms with Crippen molar-refractivity contribution in [2.75, 3.05) is 18.1 Å². The van der Waals surface area contributed by atoms with Crippen molar-refractivity contribution in [3.8, 4) is 0 Å². The molecular weight excluding hydrogens is 337 g/mol. The van der Waals surface area contributed by atoms with Gasteiger partial charge < -0.3 is 5.11 Å². The van der Waals surface area contributed by atoms with Crippen LogP contribution in [0.5, 0.6) is 0 Å². The third-order valence-corrected chi connectivity index (χ3v) is 6.08. The normalized spacial score (nSPS) is 20.8. The summed E-state index contributed by atoms with van der Waals surface area (Å²) in [6, 6.07) is 4.83. The number of hydrogen-bond acceptors (Lipinski definition) is 4. The third kappa shape index (κ3) is 4.32. The van der Waals surface area contributed by atoms with Gasteiger partial charge in [-0.2, -0.15) is 0 Å². The lowest BCUT2D eigenvalue weighted by molar-refractivity contribution is -0.139. The highest BCUT2D eigenvalue weighted by molar-refractivity contribution is 7.91. The van der Waals surface area contributed by atoms with Crippen LogP contribution in [0, 0.1) is 0 Å². The van der Waals surface area contributed by atoms with Crippen LogP contribution >= 0.6 is 23.2 Å². The summed E-state index contributed by atoms with van der Waals surface area (Å²) < 4.78 is 23.2. The minimum atomic E-state index is -3.08. The predicted octanol–water partition coefficient (Wildman–Crippen LogP) is 2.07. The number of sulfone groups is 1. The summed E-state index contributed by atoms with van der Waals surface area (Å²) in [6.07, 6.45) is 0.438. The molecule has 0 aromatic heterocycles. The monoisotopic (exact) mass is 351 g/mol. The Morgan fingerprint density at radius 2 is 2.10 bits per heavy atom. The van der Waals surface area contributed by atoms with Gasteiger partial charge in [0.25, 0.3) is 0 Å². The maximum absolute atomic E-state index is 11.6. The molecule has 8 heteroatoms. The Labute approximate surface area is 133 Å². The van der Waals surface area contributed by atoms with Crippen molar-refractivity contribution in [2.24, 2.45) is 0 Å². The molecule has 1 heterocycles. The Morgan fingerprint density at radius 1 is 1.38 bits per heavy atom. The summed E-state index contributed by atoms with van der Waals surface area (Å²) >= 11 is 12.1. The van der Waals surface area contributed by atoms with E-state index in [1.165, 1.54) is 0 Å². The third-order valence-electron chi connectivity index (χ3n) is 3.47. The van der Waals surface area contributed by atoms with Gasteiger partial charge in [-0.1, -0.05) is 35.3 Å². The highest BCUT2D eigenvalue weighted by atomic mass is 35.5. The predicted molar refractivity (Wildman–Crippen MR) is 81.6 cm³/mol. The van der Waals surface area contributed by atoms with E-state index in [2.05, 4.69) is 0 Å². The molecule has 0 bridgehead atoms. The Balaban J connectivity index is 2.21. The lowest BCUT2D eigenvalue weighted by Crippen LogP contribution is -2.39. The molecule has 1 unspecified atom stereocenters. The second-order valence-corrected chi connectivity index (χ2v) is 8.08. The molecule has 2 rings (SSSR count). The number of rotatable bonds is 5. The van der Waals surface area contributed by atoms with Gasteiger partial charge >= 0.3 is 5.97 Å². The van der Waals surface area contributed by atoms with E-state index < -0.39 is 15.8 Å². The van der Waals surface area contributed by atoms with Gasteiger partial charge in [0.1, 0.15) is 0 Å². The summed E-state index contributed by atoms with van der Waals surface area (Å²) in [7, 11) is -3.08. The highest BCUT2D eigenvalue weighted by Gasteiger charge is 2.33. The summed E-state index contributed by atoms with van der Waals surface area (Å²) in [4.78, 5) is 12.6. The van der Waals surface area contributed by atoms with Gasteiger partial charge in [-0.25, -0.2) is 8.42 Å². The molecular formula is C13H15Cl2NO4S.